The maximum Gasteiger partial charge on any atom is -0.0231 e. The van der Waals surface area contributed by atoms with Crippen molar-refractivity contribution in [3.05, 3.63) is 46.6 Å². The summed E-state index contributed by atoms with van der Waals surface area (Å²) in [6.45, 7) is 12.8. The zero-order valence-corrected chi connectivity index (χ0v) is 11.0. The lowest BCUT2D eigenvalue weighted by molar-refractivity contribution is 1.09. The van der Waals surface area contributed by atoms with E-state index in [-0.39, 0.29) is 0 Å². The lowest BCUT2D eigenvalue weighted by atomic mass is 10.0. The van der Waals surface area contributed by atoms with Gasteiger partial charge in [-0.05, 0) is 52.2 Å². The Hall–Kier alpha value is -1.04. The summed E-state index contributed by atoms with van der Waals surface area (Å²) in [5, 5.41) is 0. The van der Waals surface area contributed by atoms with Gasteiger partial charge in [0.15, 0.2) is 0 Å². The molecule has 0 atom stereocenters. The van der Waals surface area contributed by atoms with Gasteiger partial charge in [0.25, 0.3) is 0 Å². The average molecular weight is 204 g/mol. The SMILES string of the molecule is C/C=C(C=C(C)C)/C(/C=C(\C)CC)=C/C. The highest BCUT2D eigenvalue weighted by atomic mass is 14.0. The van der Waals surface area contributed by atoms with Gasteiger partial charge in [0.05, 0.1) is 0 Å². The Morgan fingerprint density at radius 2 is 1.33 bits per heavy atom. The predicted molar refractivity (Wildman–Crippen MR) is 71.0 cm³/mol. The van der Waals surface area contributed by atoms with Crippen LogP contribution in [0.5, 0.6) is 0 Å². The van der Waals surface area contributed by atoms with Crippen molar-refractivity contribution in [2.75, 3.05) is 0 Å². The zero-order valence-electron chi connectivity index (χ0n) is 11.0. The molecule has 0 spiro atoms. The minimum absolute atomic E-state index is 1.11. The van der Waals surface area contributed by atoms with E-state index in [2.05, 4.69) is 65.8 Å². The van der Waals surface area contributed by atoms with Gasteiger partial charge in [0.1, 0.15) is 0 Å². The van der Waals surface area contributed by atoms with Crippen molar-refractivity contribution in [2.24, 2.45) is 0 Å². The Kier molecular flexibility index (Phi) is 6.77. The van der Waals surface area contributed by atoms with Gasteiger partial charge in [-0.3, -0.25) is 0 Å². The van der Waals surface area contributed by atoms with Gasteiger partial charge in [0, 0.05) is 0 Å². The third-order valence-corrected chi connectivity index (χ3v) is 2.36. The summed E-state index contributed by atoms with van der Waals surface area (Å²) in [5.41, 5.74) is 5.39. The van der Waals surface area contributed by atoms with Crippen LogP contribution in [0.3, 0.4) is 0 Å². The summed E-state index contributed by atoms with van der Waals surface area (Å²) in [6, 6.07) is 0. The second-order valence-corrected chi connectivity index (χ2v) is 4.05. The van der Waals surface area contributed by atoms with Gasteiger partial charge >= 0.3 is 0 Å². The van der Waals surface area contributed by atoms with Crippen molar-refractivity contribution in [2.45, 2.75) is 48.0 Å². The number of hydrogen-bond acceptors (Lipinski definition) is 0. The molecule has 0 radical (unpaired) electrons. The van der Waals surface area contributed by atoms with Crippen LogP contribution >= 0.6 is 0 Å². The highest BCUT2D eigenvalue weighted by molar-refractivity contribution is 5.47. The minimum Gasteiger partial charge on any atom is -0.0798 e. The van der Waals surface area contributed by atoms with E-state index in [9.17, 15) is 0 Å². The third kappa shape index (κ3) is 5.41. The molecule has 0 fully saturated rings. The zero-order chi connectivity index (χ0) is 11.8. The summed E-state index contributed by atoms with van der Waals surface area (Å²) >= 11 is 0. The topological polar surface area (TPSA) is 0 Å². The molecule has 15 heavy (non-hydrogen) atoms. The van der Waals surface area contributed by atoms with Crippen molar-refractivity contribution in [3.63, 3.8) is 0 Å². The number of hydrogen-bond donors (Lipinski definition) is 0. The van der Waals surface area contributed by atoms with E-state index in [0.717, 1.165) is 6.42 Å². The molecule has 0 N–H and O–H groups in total. The molecule has 0 aromatic rings. The van der Waals surface area contributed by atoms with Gasteiger partial charge in [-0.25, -0.2) is 0 Å². The standard InChI is InChI=1S/C15H24/c1-7-13(6)11-15(9-3)14(8-2)10-12(4)5/h8-11H,7H2,1-6H3/b13-11+,14-8+,15-9+. The Labute approximate surface area is 95.1 Å². The van der Waals surface area contributed by atoms with E-state index in [1.165, 1.54) is 22.3 Å². The van der Waals surface area contributed by atoms with Crippen LogP contribution in [0.25, 0.3) is 0 Å². The highest BCUT2D eigenvalue weighted by Crippen LogP contribution is 2.17. The fourth-order valence-electron chi connectivity index (χ4n) is 1.35. The van der Waals surface area contributed by atoms with Crippen molar-refractivity contribution in [1.82, 2.24) is 0 Å². The molecule has 0 aromatic heterocycles. The minimum atomic E-state index is 1.11. The summed E-state index contributed by atoms with van der Waals surface area (Å²) in [4.78, 5) is 0. The molecule has 0 aliphatic rings. The van der Waals surface area contributed by atoms with Crippen LogP contribution in [-0.4, -0.2) is 0 Å². The number of allylic oxidation sites excluding steroid dienone is 8. The quantitative estimate of drug-likeness (QED) is 0.552. The summed E-state index contributed by atoms with van der Waals surface area (Å²) < 4.78 is 0. The molecule has 0 saturated carbocycles. The summed E-state index contributed by atoms with van der Waals surface area (Å²) in [7, 11) is 0. The van der Waals surface area contributed by atoms with Gasteiger partial charge in [-0.2, -0.15) is 0 Å². The maximum absolute atomic E-state index is 2.27. The van der Waals surface area contributed by atoms with Crippen LogP contribution < -0.4 is 0 Å². The summed E-state index contributed by atoms with van der Waals surface area (Å²) in [5.74, 6) is 0. The number of rotatable bonds is 4. The first-order chi connectivity index (χ1) is 7.04. The molecular weight excluding hydrogens is 180 g/mol. The molecule has 0 aliphatic heterocycles. The van der Waals surface area contributed by atoms with Crippen LogP contribution in [0, 0.1) is 0 Å². The lowest BCUT2D eigenvalue weighted by Gasteiger charge is -2.05. The van der Waals surface area contributed by atoms with Gasteiger partial charge < -0.3 is 0 Å². The van der Waals surface area contributed by atoms with Gasteiger partial charge in [-0.15, -0.1) is 0 Å². The smallest absolute Gasteiger partial charge is 0.0231 e. The van der Waals surface area contributed by atoms with Crippen LogP contribution in [0.2, 0.25) is 0 Å². The maximum atomic E-state index is 2.27. The summed E-state index contributed by atoms with van der Waals surface area (Å²) in [6.07, 6.45) is 9.96. The molecule has 0 nitrogen and oxygen atoms in total. The molecular formula is C15H24. The van der Waals surface area contributed by atoms with E-state index in [0.29, 0.717) is 0 Å². The second-order valence-electron chi connectivity index (χ2n) is 4.05. The first-order valence-corrected chi connectivity index (χ1v) is 5.70. The van der Waals surface area contributed by atoms with Gasteiger partial charge in [-0.1, -0.05) is 42.4 Å². The lowest BCUT2D eigenvalue weighted by Crippen LogP contribution is -1.86. The largest absolute Gasteiger partial charge is 0.0798 e. The molecule has 0 aliphatic carbocycles. The molecule has 0 unspecified atom stereocenters. The second kappa shape index (κ2) is 7.28. The molecule has 0 saturated heterocycles. The first-order valence-electron chi connectivity index (χ1n) is 5.70. The van der Waals surface area contributed by atoms with Crippen LogP contribution in [0.4, 0.5) is 0 Å². The Morgan fingerprint density at radius 1 is 0.867 bits per heavy atom. The molecule has 0 aromatic carbocycles. The monoisotopic (exact) mass is 204 g/mol. The molecule has 0 heterocycles. The van der Waals surface area contributed by atoms with Gasteiger partial charge in [0.2, 0.25) is 0 Å². The fourth-order valence-corrected chi connectivity index (χ4v) is 1.35. The normalized spacial score (nSPS) is 14.1. The Morgan fingerprint density at radius 3 is 1.67 bits per heavy atom. The molecule has 84 valence electrons. The van der Waals surface area contributed by atoms with E-state index >= 15 is 0 Å². The van der Waals surface area contributed by atoms with E-state index < -0.39 is 0 Å². The van der Waals surface area contributed by atoms with E-state index in [1.807, 2.05) is 0 Å². The van der Waals surface area contributed by atoms with E-state index in [1.54, 1.807) is 0 Å². The molecule has 0 bridgehead atoms. The Bertz CT molecular complexity index is 305. The highest BCUT2D eigenvalue weighted by Gasteiger charge is 1.98. The van der Waals surface area contributed by atoms with Crippen molar-refractivity contribution >= 4 is 0 Å². The van der Waals surface area contributed by atoms with Crippen LogP contribution in [0.1, 0.15) is 48.0 Å². The molecule has 0 rings (SSSR count). The molecule has 0 heteroatoms. The van der Waals surface area contributed by atoms with Crippen LogP contribution in [0.15, 0.2) is 46.6 Å². The first kappa shape index (κ1) is 14.0. The fraction of sp³-hybridized carbons (Fsp3) is 0.467. The third-order valence-electron chi connectivity index (χ3n) is 2.36. The Balaban J connectivity index is 5.07. The predicted octanol–water partition coefficient (Wildman–Crippen LogP) is 5.20. The molecule has 0 amide bonds. The average Bonchev–Trinajstić information content (AvgIpc) is 2.22. The van der Waals surface area contributed by atoms with Crippen molar-refractivity contribution < 1.29 is 0 Å². The van der Waals surface area contributed by atoms with E-state index in [4.69, 9.17) is 0 Å². The van der Waals surface area contributed by atoms with Crippen LogP contribution in [-0.2, 0) is 0 Å². The van der Waals surface area contributed by atoms with Crippen molar-refractivity contribution in [1.29, 1.82) is 0 Å². The van der Waals surface area contributed by atoms with Crippen molar-refractivity contribution in [3.8, 4) is 0 Å².